The van der Waals surface area contributed by atoms with Gasteiger partial charge in [-0.05, 0) is 23.6 Å². The van der Waals surface area contributed by atoms with E-state index in [1.807, 2.05) is 0 Å². The van der Waals surface area contributed by atoms with Gasteiger partial charge in [0.2, 0.25) is 5.79 Å². The van der Waals surface area contributed by atoms with Crippen LogP contribution < -0.4 is 14.2 Å². The van der Waals surface area contributed by atoms with Crippen molar-refractivity contribution in [3.05, 3.63) is 35.7 Å². The SMILES string of the molecule is CC1(C)Oc2ccc(NS(=O)(=O)c3cccs3)cc2O1. The smallest absolute Gasteiger partial charge is 0.271 e. The maximum absolute atomic E-state index is 12.1. The van der Waals surface area contributed by atoms with Crippen molar-refractivity contribution >= 4 is 27.0 Å². The van der Waals surface area contributed by atoms with Crippen LogP contribution in [0, 0.1) is 0 Å². The molecular formula is C13H13NO4S2. The average Bonchev–Trinajstić information content (AvgIpc) is 2.93. The summed E-state index contributed by atoms with van der Waals surface area (Å²) in [6.07, 6.45) is 0. The van der Waals surface area contributed by atoms with Gasteiger partial charge in [-0.3, -0.25) is 4.72 Å². The monoisotopic (exact) mass is 311 g/mol. The second-order valence-electron chi connectivity index (χ2n) is 4.80. The van der Waals surface area contributed by atoms with E-state index in [4.69, 9.17) is 9.47 Å². The predicted octanol–water partition coefficient (Wildman–Crippen LogP) is 3.06. The molecule has 0 aliphatic carbocycles. The van der Waals surface area contributed by atoms with Gasteiger partial charge in [0, 0.05) is 19.9 Å². The van der Waals surface area contributed by atoms with Gasteiger partial charge in [0.15, 0.2) is 11.5 Å². The van der Waals surface area contributed by atoms with Crippen LogP contribution in [-0.2, 0) is 10.0 Å². The van der Waals surface area contributed by atoms with Crippen molar-refractivity contribution in [3.63, 3.8) is 0 Å². The third-order valence-electron chi connectivity index (χ3n) is 2.67. The lowest BCUT2D eigenvalue weighted by atomic mass is 10.3. The van der Waals surface area contributed by atoms with E-state index in [0.29, 0.717) is 17.2 Å². The molecule has 1 aliphatic heterocycles. The molecule has 0 saturated heterocycles. The van der Waals surface area contributed by atoms with Crippen LogP contribution in [0.3, 0.4) is 0 Å². The molecule has 1 N–H and O–H groups in total. The molecule has 1 aromatic carbocycles. The quantitative estimate of drug-likeness (QED) is 0.946. The van der Waals surface area contributed by atoms with Crippen LogP contribution >= 0.6 is 11.3 Å². The van der Waals surface area contributed by atoms with Crippen LogP contribution in [0.4, 0.5) is 5.69 Å². The molecule has 0 radical (unpaired) electrons. The third kappa shape index (κ3) is 2.46. The lowest BCUT2D eigenvalue weighted by Crippen LogP contribution is -2.29. The van der Waals surface area contributed by atoms with E-state index in [2.05, 4.69) is 4.72 Å². The van der Waals surface area contributed by atoms with E-state index >= 15 is 0 Å². The fourth-order valence-corrected chi connectivity index (χ4v) is 3.95. The fourth-order valence-electron chi connectivity index (χ4n) is 1.91. The summed E-state index contributed by atoms with van der Waals surface area (Å²) in [5.41, 5.74) is 0.443. The minimum absolute atomic E-state index is 0.274. The van der Waals surface area contributed by atoms with Crippen molar-refractivity contribution in [2.45, 2.75) is 23.8 Å². The third-order valence-corrected chi connectivity index (χ3v) is 5.45. The van der Waals surface area contributed by atoms with Crippen LogP contribution in [0.1, 0.15) is 13.8 Å². The molecule has 5 nitrogen and oxygen atoms in total. The summed E-state index contributed by atoms with van der Waals surface area (Å²) < 4.78 is 38.2. The number of anilines is 1. The number of benzene rings is 1. The van der Waals surface area contributed by atoms with Crippen molar-refractivity contribution in [2.24, 2.45) is 0 Å². The number of rotatable bonds is 3. The lowest BCUT2D eigenvalue weighted by Gasteiger charge is -2.16. The zero-order valence-electron chi connectivity index (χ0n) is 10.9. The second kappa shape index (κ2) is 4.39. The number of hydrogen-bond donors (Lipinski definition) is 1. The van der Waals surface area contributed by atoms with Gasteiger partial charge in [-0.15, -0.1) is 11.3 Å². The molecule has 3 rings (SSSR count). The van der Waals surface area contributed by atoms with E-state index in [1.165, 1.54) is 11.3 Å². The zero-order valence-corrected chi connectivity index (χ0v) is 12.5. The van der Waals surface area contributed by atoms with Crippen LogP contribution in [0.25, 0.3) is 0 Å². The minimum atomic E-state index is -3.54. The number of ether oxygens (including phenoxy) is 2. The maximum atomic E-state index is 12.1. The Morgan fingerprint density at radius 1 is 1.15 bits per heavy atom. The highest BCUT2D eigenvalue weighted by atomic mass is 32.2. The van der Waals surface area contributed by atoms with Crippen molar-refractivity contribution < 1.29 is 17.9 Å². The molecule has 2 heterocycles. The highest BCUT2D eigenvalue weighted by molar-refractivity contribution is 7.94. The van der Waals surface area contributed by atoms with Gasteiger partial charge >= 0.3 is 0 Å². The van der Waals surface area contributed by atoms with Gasteiger partial charge in [0.1, 0.15) is 4.21 Å². The molecule has 7 heteroatoms. The van der Waals surface area contributed by atoms with E-state index in [1.54, 1.807) is 49.6 Å². The number of hydrogen-bond acceptors (Lipinski definition) is 5. The normalized spacial score (nSPS) is 16.1. The van der Waals surface area contributed by atoms with Gasteiger partial charge in [0.05, 0.1) is 5.69 Å². The Labute approximate surface area is 121 Å². The summed E-state index contributed by atoms with van der Waals surface area (Å²) in [5.74, 6) is 0.406. The van der Waals surface area contributed by atoms with E-state index in [0.717, 1.165) is 0 Å². The molecule has 1 aliphatic rings. The highest BCUT2D eigenvalue weighted by Gasteiger charge is 2.31. The summed E-state index contributed by atoms with van der Waals surface area (Å²) in [6, 6.07) is 8.21. The first-order chi connectivity index (χ1) is 9.36. The van der Waals surface area contributed by atoms with E-state index in [-0.39, 0.29) is 4.21 Å². The number of thiophene rings is 1. The first-order valence-corrected chi connectivity index (χ1v) is 8.30. The Bertz CT molecular complexity index is 736. The van der Waals surface area contributed by atoms with Crippen molar-refractivity contribution in [2.75, 3.05) is 4.72 Å². The summed E-state index contributed by atoms with van der Waals surface area (Å²) in [4.78, 5) is 0. The van der Waals surface area contributed by atoms with Crippen molar-refractivity contribution in [1.29, 1.82) is 0 Å². The molecule has 0 amide bonds. The van der Waals surface area contributed by atoms with Crippen molar-refractivity contribution in [1.82, 2.24) is 0 Å². The average molecular weight is 311 g/mol. The minimum Gasteiger partial charge on any atom is -0.449 e. The predicted molar refractivity (Wildman–Crippen MR) is 76.9 cm³/mol. The summed E-state index contributed by atoms with van der Waals surface area (Å²) in [6.45, 7) is 3.59. The van der Waals surface area contributed by atoms with Crippen molar-refractivity contribution in [3.8, 4) is 11.5 Å². The first-order valence-electron chi connectivity index (χ1n) is 5.94. The number of fused-ring (bicyclic) bond motifs is 1. The molecule has 0 unspecified atom stereocenters. The van der Waals surface area contributed by atoms with Gasteiger partial charge in [0.25, 0.3) is 10.0 Å². The largest absolute Gasteiger partial charge is 0.449 e. The standard InChI is InChI=1S/C13H13NO4S2/c1-13(2)17-10-6-5-9(8-11(10)18-13)14-20(15,16)12-4-3-7-19-12/h3-8,14H,1-2H3. The molecule has 106 valence electrons. The van der Waals surface area contributed by atoms with Crippen LogP contribution in [-0.4, -0.2) is 14.2 Å². The summed E-state index contributed by atoms with van der Waals surface area (Å²) in [5, 5.41) is 1.72. The van der Waals surface area contributed by atoms with E-state index in [9.17, 15) is 8.42 Å². The molecule has 0 atom stereocenters. The number of sulfonamides is 1. The van der Waals surface area contributed by atoms with Gasteiger partial charge < -0.3 is 9.47 Å². The van der Waals surface area contributed by atoms with Gasteiger partial charge in [-0.1, -0.05) is 6.07 Å². The Morgan fingerprint density at radius 3 is 2.60 bits per heavy atom. The molecular weight excluding hydrogens is 298 g/mol. The molecule has 0 bridgehead atoms. The second-order valence-corrected chi connectivity index (χ2v) is 7.66. The molecule has 0 saturated carbocycles. The van der Waals surface area contributed by atoms with Crippen LogP contribution in [0.2, 0.25) is 0 Å². The Balaban J connectivity index is 1.88. The maximum Gasteiger partial charge on any atom is 0.271 e. The van der Waals surface area contributed by atoms with Crippen LogP contribution in [0.15, 0.2) is 39.9 Å². The Morgan fingerprint density at radius 2 is 1.90 bits per heavy atom. The van der Waals surface area contributed by atoms with Gasteiger partial charge in [-0.25, -0.2) is 8.42 Å². The molecule has 0 spiro atoms. The highest BCUT2D eigenvalue weighted by Crippen LogP contribution is 2.41. The van der Waals surface area contributed by atoms with E-state index < -0.39 is 15.8 Å². The fraction of sp³-hybridized carbons (Fsp3) is 0.231. The zero-order chi connectivity index (χ0) is 14.4. The lowest BCUT2D eigenvalue weighted by molar-refractivity contribution is -0.0431. The Kier molecular flexibility index (Phi) is 2.91. The topological polar surface area (TPSA) is 64.6 Å². The number of nitrogens with one attached hydrogen (secondary N) is 1. The molecule has 20 heavy (non-hydrogen) atoms. The molecule has 1 aromatic heterocycles. The summed E-state index contributed by atoms with van der Waals surface area (Å²) >= 11 is 1.17. The first kappa shape index (κ1) is 13.3. The summed E-state index contributed by atoms with van der Waals surface area (Å²) in [7, 11) is -3.54. The Hall–Kier alpha value is -1.73. The van der Waals surface area contributed by atoms with Gasteiger partial charge in [-0.2, -0.15) is 0 Å². The molecule has 0 fully saturated rings. The van der Waals surface area contributed by atoms with Crippen LogP contribution in [0.5, 0.6) is 11.5 Å². The molecule has 2 aromatic rings.